The van der Waals surface area contributed by atoms with Crippen LogP contribution in [-0.2, 0) is 0 Å². The maximum absolute atomic E-state index is 12.8. The molecule has 1 aliphatic heterocycles. The summed E-state index contributed by atoms with van der Waals surface area (Å²) in [5.74, 6) is 1.32. The Morgan fingerprint density at radius 3 is 2.60 bits per heavy atom. The van der Waals surface area contributed by atoms with Gasteiger partial charge in [0.05, 0.1) is 16.7 Å². The number of amides is 1. The topological polar surface area (TPSA) is 94.4 Å². The molecule has 2 heterocycles. The third-order valence-electron chi connectivity index (χ3n) is 7.04. The maximum Gasteiger partial charge on any atom is 0.272 e. The zero-order valence-electron chi connectivity index (χ0n) is 20.4. The minimum absolute atomic E-state index is 0.0610. The maximum atomic E-state index is 12.8. The second kappa shape index (κ2) is 11.7. The van der Waals surface area contributed by atoms with Crippen LogP contribution in [0.15, 0.2) is 30.3 Å². The molecule has 186 valence electrons. The van der Waals surface area contributed by atoms with E-state index in [0.717, 1.165) is 64.1 Å². The number of piperazine rings is 1. The molecule has 35 heavy (non-hydrogen) atoms. The Morgan fingerprint density at radius 1 is 1.17 bits per heavy atom. The van der Waals surface area contributed by atoms with Gasteiger partial charge in [0.2, 0.25) is 0 Å². The van der Waals surface area contributed by atoms with Gasteiger partial charge in [-0.3, -0.25) is 9.69 Å². The van der Waals surface area contributed by atoms with E-state index in [9.17, 15) is 4.79 Å². The van der Waals surface area contributed by atoms with Crippen molar-refractivity contribution in [2.75, 3.05) is 31.1 Å². The van der Waals surface area contributed by atoms with Gasteiger partial charge in [-0.25, -0.2) is 0 Å². The lowest BCUT2D eigenvalue weighted by molar-refractivity contribution is 0.0888. The van der Waals surface area contributed by atoms with E-state index >= 15 is 0 Å². The fraction of sp³-hybridized carbons (Fsp3) is 0.538. The van der Waals surface area contributed by atoms with E-state index in [1.165, 1.54) is 0 Å². The summed E-state index contributed by atoms with van der Waals surface area (Å²) in [5.41, 5.74) is 0.783. The SMILES string of the molecule is CC[C@H]1CN(CC)CCN1c1ccc(C(=O)NC2CCC(Oc3ccc(C#N)c(Cl)c3)CC2)nn1. The molecule has 9 heteroatoms. The molecule has 1 aliphatic carbocycles. The summed E-state index contributed by atoms with van der Waals surface area (Å²) in [7, 11) is 0. The van der Waals surface area contributed by atoms with Crippen LogP contribution in [0.3, 0.4) is 0 Å². The molecule has 2 aliphatic rings. The summed E-state index contributed by atoms with van der Waals surface area (Å²) < 4.78 is 6.04. The second-order valence-electron chi connectivity index (χ2n) is 9.24. The van der Waals surface area contributed by atoms with Crippen LogP contribution < -0.4 is 15.0 Å². The molecule has 8 nitrogen and oxygen atoms in total. The third-order valence-corrected chi connectivity index (χ3v) is 7.35. The highest BCUT2D eigenvalue weighted by molar-refractivity contribution is 6.31. The van der Waals surface area contributed by atoms with Crippen molar-refractivity contribution < 1.29 is 9.53 Å². The zero-order chi connectivity index (χ0) is 24.8. The predicted molar refractivity (Wildman–Crippen MR) is 136 cm³/mol. The number of carbonyl (C=O) groups is 1. The Bertz CT molecular complexity index is 1050. The molecule has 2 fully saturated rings. The molecular formula is C26H33ClN6O2. The van der Waals surface area contributed by atoms with Gasteiger partial charge in [0.25, 0.3) is 5.91 Å². The molecule has 1 saturated carbocycles. The minimum atomic E-state index is -0.185. The van der Waals surface area contributed by atoms with Crippen molar-refractivity contribution in [2.45, 2.75) is 64.1 Å². The molecular weight excluding hydrogens is 464 g/mol. The fourth-order valence-electron chi connectivity index (χ4n) is 4.89. The van der Waals surface area contributed by atoms with Gasteiger partial charge in [-0.1, -0.05) is 25.4 Å². The first-order valence-electron chi connectivity index (χ1n) is 12.5. The van der Waals surface area contributed by atoms with Crippen molar-refractivity contribution >= 4 is 23.3 Å². The van der Waals surface area contributed by atoms with Crippen molar-refractivity contribution in [2.24, 2.45) is 0 Å². The molecule has 1 N–H and O–H groups in total. The average Bonchev–Trinajstić information content (AvgIpc) is 2.89. The minimum Gasteiger partial charge on any atom is -0.490 e. The first-order chi connectivity index (χ1) is 17.0. The molecule has 0 unspecified atom stereocenters. The number of hydrogen-bond donors (Lipinski definition) is 1. The molecule has 2 aromatic rings. The normalized spacial score (nSPS) is 22.9. The van der Waals surface area contributed by atoms with Gasteiger partial charge in [-0.15, -0.1) is 10.2 Å². The Labute approximate surface area is 212 Å². The highest BCUT2D eigenvalue weighted by Gasteiger charge is 2.27. The smallest absolute Gasteiger partial charge is 0.272 e. The fourth-order valence-corrected chi connectivity index (χ4v) is 5.11. The first kappa shape index (κ1) is 25.2. The summed E-state index contributed by atoms with van der Waals surface area (Å²) in [6, 6.07) is 11.4. The Hall–Kier alpha value is -2.89. The highest BCUT2D eigenvalue weighted by atomic mass is 35.5. The number of carbonyl (C=O) groups excluding carboxylic acids is 1. The summed E-state index contributed by atoms with van der Waals surface area (Å²) in [6.45, 7) is 8.42. The molecule has 0 bridgehead atoms. The molecule has 1 saturated heterocycles. The highest BCUT2D eigenvalue weighted by Crippen LogP contribution is 2.27. The molecule has 1 atom stereocenters. The third kappa shape index (κ3) is 6.22. The van der Waals surface area contributed by atoms with E-state index in [-0.39, 0.29) is 18.1 Å². The van der Waals surface area contributed by atoms with Crippen LogP contribution in [0.5, 0.6) is 5.75 Å². The number of hydrogen-bond acceptors (Lipinski definition) is 7. The van der Waals surface area contributed by atoms with Gasteiger partial charge < -0.3 is 15.0 Å². The van der Waals surface area contributed by atoms with E-state index in [2.05, 4.69) is 45.2 Å². The number of nitrogens with zero attached hydrogens (tertiary/aromatic N) is 5. The number of nitriles is 1. The lowest BCUT2D eigenvalue weighted by atomic mass is 9.93. The number of aromatic nitrogens is 2. The number of anilines is 1. The van der Waals surface area contributed by atoms with Gasteiger partial charge in [0, 0.05) is 37.8 Å². The second-order valence-corrected chi connectivity index (χ2v) is 9.65. The number of benzene rings is 1. The molecule has 0 spiro atoms. The van der Waals surface area contributed by atoms with Crippen LogP contribution in [0.25, 0.3) is 0 Å². The Balaban J connectivity index is 1.27. The van der Waals surface area contributed by atoms with Crippen LogP contribution in [0.1, 0.15) is 62.0 Å². The zero-order valence-corrected chi connectivity index (χ0v) is 21.2. The number of likely N-dealkylation sites (N-methyl/N-ethyl adjacent to an activating group) is 1. The van der Waals surface area contributed by atoms with Gasteiger partial charge in [-0.2, -0.15) is 5.26 Å². The lowest BCUT2D eigenvalue weighted by Gasteiger charge is -2.41. The van der Waals surface area contributed by atoms with E-state index in [0.29, 0.717) is 28.1 Å². The number of rotatable bonds is 7. The summed E-state index contributed by atoms with van der Waals surface area (Å²) in [6.07, 6.45) is 4.42. The van der Waals surface area contributed by atoms with Gasteiger partial charge in [0.15, 0.2) is 11.5 Å². The van der Waals surface area contributed by atoms with E-state index in [1.54, 1.807) is 24.3 Å². The lowest BCUT2D eigenvalue weighted by Crippen LogP contribution is -2.53. The van der Waals surface area contributed by atoms with E-state index in [4.69, 9.17) is 21.6 Å². The van der Waals surface area contributed by atoms with Gasteiger partial charge in [0.1, 0.15) is 11.8 Å². The number of ether oxygens (including phenoxy) is 1. The van der Waals surface area contributed by atoms with Crippen molar-refractivity contribution in [3.8, 4) is 11.8 Å². The van der Waals surface area contributed by atoms with Crippen LogP contribution in [0.2, 0.25) is 5.02 Å². The van der Waals surface area contributed by atoms with Crippen molar-refractivity contribution in [1.29, 1.82) is 5.26 Å². The van der Waals surface area contributed by atoms with E-state index in [1.807, 2.05) is 6.07 Å². The van der Waals surface area contributed by atoms with E-state index < -0.39 is 0 Å². The quantitative estimate of drug-likeness (QED) is 0.618. The van der Waals surface area contributed by atoms with Crippen LogP contribution in [0, 0.1) is 11.3 Å². The first-order valence-corrected chi connectivity index (χ1v) is 12.9. The van der Waals surface area contributed by atoms with Gasteiger partial charge >= 0.3 is 0 Å². The average molecular weight is 497 g/mol. The van der Waals surface area contributed by atoms with Crippen LogP contribution in [0.4, 0.5) is 5.82 Å². The van der Waals surface area contributed by atoms with Crippen molar-refractivity contribution in [3.63, 3.8) is 0 Å². The predicted octanol–water partition coefficient (Wildman–Crippen LogP) is 4.04. The molecule has 4 rings (SSSR count). The Morgan fingerprint density at radius 2 is 1.97 bits per heavy atom. The number of nitrogens with one attached hydrogen (secondary N) is 1. The standard InChI is InChI=1S/C26H33ClN6O2/c1-3-20-17-32(4-2)13-14-33(20)25-12-11-24(30-31-25)26(34)29-19-6-9-21(10-7-19)35-22-8-5-18(16-28)23(27)15-22/h5,8,11-12,15,19-21H,3-4,6-7,9-10,13-14,17H2,1-2H3,(H,29,34)/t19?,20-,21?/m0/s1. The molecule has 1 aromatic heterocycles. The molecule has 1 aromatic carbocycles. The number of halogens is 1. The largest absolute Gasteiger partial charge is 0.490 e. The Kier molecular flexibility index (Phi) is 8.42. The van der Waals surface area contributed by atoms with Crippen LogP contribution in [-0.4, -0.2) is 65.4 Å². The monoisotopic (exact) mass is 496 g/mol. The molecule has 1 amide bonds. The summed E-state index contributed by atoms with van der Waals surface area (Å²) in [4.78, 5) is 17.5. The van der Waals surface area contributed by atoms with Crippen molar-refractivity contribution in [3.05, 3.63) is 46.6 Å². The summed E-state index contributed by atoms with van der Waals surface area (Å²) in [5, 5.41) is 21.1. The molecule has 0 radical (unpaired) electrons. The van der Waals surface area contributed by atoms with Crippen LogP contribution >= 0.6 is 11.6 Å². The summed E-state index contributed by atoms with van der Waals surface area (Å²) >= 11 is 6.10. The van der Waals surface area contributed by atoms with Crippen molar-refractivity contribution in [1.82, 2.24) is 20.4 Å². The van der Waals surface area contributed by atoms with Gasteiger partial charge in [-0.05, 0) is 62.9 Å².